The van der Waals surface area contributed by atoms with Gasteiger partial charge in [0.1, 0.15) is 0 Å². The molecule has 0 aliphatic carbocycles. The molecule has 1 heterocycles. The fraction of sp³-hybridized carbons (Fsp3) is 0.545. The van der Waals surface area contributed by atoms with E-state index in [2.05, 4.69) is 10.3 Å². The maximum atomic E-state index is 11.7. The van der Waals surface area contributed by atoms with Crippen LogP contribution in [0.1, 0.15) is 19.5 Å². The van der Waals surface area contributed by atoms with Crippen LogP contribution >= 0.6 is 0 Å². The van der Waals surface area contributed by atoms with Gasteiger partial charge in [0.15, 0.2) is 0 Å². The van der Waals surface area contributed by atoms with Crippen molar-refractivity contribution in [3.63, 3.8) is 0 Å². The third-order valence-electron chi connectivity index (χ3n) is 2.51. The molecule has 1 atom stereocenters. The average molecular weight is 255 g/mol. The predicted octanol–water partition coefficient (Wildman–Crippen LogP) is -1.26. The zero-order valence-corrected chi connectivity index (χ0v) is 10.3. The molecule has 7 nitrogen and oxygen atoms in total. The Morgan fingerprint density at radius 1 is 1.39 bits per heavy atom. The van der Waals surface area contributed by atoms with Crippen molar-refractivity contribution in [3.05, 3.63) is 32.6 Å². The fourth-order valence-electron chi connectivity index (χ4n) is 1.47. The molecule has 0 bridgehead atoms. The summed E-state index contributed by atoms with van der Waals surface area (Å²) in [7, 11) is 0. The average Bonchev–Trinajstić information content (AvgIpc) is 2.23. The molecular formula is C11H17N3O4. The Labute approximate surface area is 103 Å². The van der Waals surface area contributed by atoms with Crippen LogP contribution in [0.2, 0.25) is 0 Å². The van der Waals surface area contributed by atoms with Crippen molar-refractivity contribution in [1.82, 2.24) is 15.3 Å². The third kappa shape index (κ3) is 4.17. The van der Waals surface area contributed by atoms with Gasteiger partial charge in [-0.05, 0) is 5.92 Å². The number of aliphatic hydroxyl groups is 1. The minimum Gasteiger partial charge on any atom is -0.394 e. The number of nitrogens with one attached hydrogen (secondary N) is 3. The molecule has 0 aromatic carbocycles. The molecule has 1 rings (SSSR count). The molecule has 0 radical (unpaired) electrons. The number of H-pyrrole nitrogens is 2. The SMILES string of the molecule is CC(C)[C@@H](CO)NC(=O)Cc1cc(=O)[nH]c(=O)[nH]1. The van der Waals surface area contributed by atoms with Crippen molar-refractivity contribution in [1.29, 1.82) is 0 Å². The van der Waals surface area contributed by atoms with Gasteiger partial charge in [-0.3, -0.25) is 14.6 Å². The molecule has 0 saturated heterocycles. The van der Waals surface area contributed by atoms with E-state index in [9.17, 15) is 14.4 Å². The topological polar surface area (TPSA) is 115 Å². The first-order valence-electron chi connectivity index (χ1n) is 5.65. The Morgan fingerprint density at radius 3 is 2.56 bits per heavy atom. The lowest BCUT2D eigenvalue weighted by Crippen LogP contribution is -2.42. The summed E-state index contributed by atoms with van der Waals surface area (Å²) in [4.78, 5) is 38.1. The zero-order valence-electron chi connectivity index (χ0n) is 10.3. The highest BCUT2D eigenvalue weighted by Crippen LogP contribution is 2.00. The highest BCUT2D eigenvalue weighted by molar-refractivity contribution is 5.78. The lowest BCUT2D eigenvalue weighted by molar-refractivity contribution is -0.121. The van der Waals surface area contributed by atoms with E-state index in [4.69, 9.17) is 5.11 Å². The Bertz CT molecular complexity index is 489. The number of aromatic amines is 2. The van der Waals surface area contributed by atoms with E-state index >= 15 is 0 Å². The van der Waals surface area contributed by atoms with E-state index in [1.54, 1.807) is 0 Å². The highest BCUT2D eigenvalue weighted by Gasteiger charge is 2.15. The first kappa shape index (κ1) is 14.2. The molecule has 7 heteroatoms. The van der Waals surface area contributed by atoms with Crippen LogP contribution in [0.25, 0.3) is 0 Å². The molecule has 0 unspecified atom stereocenters. The second-order valence-corrected chi connectivity index (χ2v) is 4.39. The van der Waals surface area contributed by atoms with Crippen molar-refractivity contribution in [2.75, 3.05) is 6.61 Å². The van der Waals surface area contributed by atoms with Crippen LogP contribution in [-0.2, 0) is 11.2 Å². The first-order chi connectivity index (χ1) is 8.42. The molecule has 1 aromatic rings. The van der Waals surface area contributed by atoms with E-state index < -0.39 is 11.2 Å². The molecule has 100 valence electrons. The Morgan fingerprint density at radius 2 is 2.06 bits per heavy atom. The molecule has 0 aliphatic heterocycles. The highest BCUT2D eigenvalue weighted by atomic mass is 16.3. The number of aliphatic hydroxyl groups excluding tert-OH is 1. The van der Waals surface area contributed by atoms with E-state index in [0.29, 0.717) is 0 Å². The van der Waals surface area contributed by atoms with Crippen LogP contribution in [0.3, 0.4) is 0 Å². The van der Waals surface area contributed by atoms with Crippen LogP contribution in [0.5, 0.6) is 0 Å². The minimum absolute atomic E-state index is 0.0946. The molecular weight excluding hydrogens is 238 g/mol. The van der Waals surface area contributed by atoms with Crippen LogP contribution < -0.4 is 16.6 Å². The van der Waals surface area contributed by atoms with Crippen molar-refractivity contribution in [3.8, 4) is 0 Å². The zero-order chi connectivity index (χ0) is 13.7. The molecule has 0 fully saturated rings. The summed E-state index contributed by atoms with van der Waals surface area (Å²) in [5.74, 6) is -0.263. The predicted molar refractivity (Wildman–Crippen MR) is 65.2 cm³/mol. The number of hydrogen-bond acceptors (Lipinski definition) is 4. The van der Waals surface area contributed by atoms with Gasteiger partial charge in [0.05, 0.1) is 19.1 Å². The summed E-state index contributed by atoms with van der Waals surface area (Å²) >= 11 is 0. The number of aromatic nitrogens is 2. The van der Waals surface area contributed by atoms with E-state index in [0.717, 1.165) is 6.07 Å². The summed E-state index contributed by atoms with van der Waals surface area (Å²) in [6.07, 6.45) is -0.109. The van der Waals surface area contributed by atoms with Gasteiger partial charge in [-0.15, -0.1) is 0 Å². The van der Waals surface area contributed by atoms with Gasteiger partial charge in [-0.25, -0.2) is 4.79 Å². The Hall–Kier alpha value is -1.89. The smallest absolute Gasteiger partial charge is 0.325 e. The van der Waals surface area contributed by atoms with Gasteiger partial charge in [0.25, 0.3) is 5.56 Å². The van der Waals surface area contributed by atoms with Gasteiger partial charge < -0.3 is 15.4 Å². The van der Waals surface area contributed by atoms with Crippen molar-refractivity contribution in [2.24, 2.45) is 5.92 Å². The van der Waals surface area contributed by atoms with Gasteiger partial charge in [-0.1, -0.05) is 13.8 Å². The third-order valence-corrected chi connectivity index (χ3v) is 2.51. The molecule has 4 N–H and O–H groups in total. The standard InChI is InChI=1S/C11H17N3O4/c1-6(2)8(5-15)13-9(16)3-7-4-10(17)14-11(18)12-7/h4,6,8,15H,3,5H2,1-2H3,(H,13,16)(H2,12,14,17,18)/t8-/m1/s1. The fourth-order valence-corrected chi connectivity index (χ4v) is 1.47. The summed E-state index contributed by atoms with van der Waals surface area (Å²) in [6, 6.07) is 0.816. The summed E-state index contributed by atoms with van der Waals surface area (Å²) < 4.78 is 0. The van der Waals surface area contributed by atoms with Crippen molar-refractivity contribution in [2.45, 2.75) is 26.3 Å². The number of carbonyl (C=O) groups is 1. The number of amides is 1. The van der Waals surface area contributed by atoms with Crippen molar-refractivity contribution >= 4 is 5.91 Å². The largest absolute Gasteiger partial charge is 0.394 e. The van der Waals surface area contributed by atoms with E-state index in [1.807, 2.05) is 18.8 Å². The Kier molecular flexibility index (Phi) is 4.85. The second kappa shape index (κ2) is 6.15. The first-order valence-corrected chi connectivity index (χ1v) is 5.65. The van der Waals surface area contributed by atoms with E-state index in [-0.39, 0.29) is 36.6 Å². The maximum absolute atomic E-state index is 11.7. The molecule has 0 saturated carbocycles. The summed E-state index contributed by atoms with van der Waals surface area (Å²) in [5, 5.41) is 11.7. The molecule has 18 heavy (non-hydrogen) atoms. The maximum Gasteiger partial charge on any atom is 0.325 e. The number of hydrogen-bond donors (Lipinski definition) is 4. The lowest BCUT2D eigenvalue weighted by atomic mass is 10.1. The second-order valence-electron chi connectivity index (χ2n) is 4.39. The minimum atomic E-state index is -0.645. The number of rotatable bonds is 5. The van der Waals surface area contributed by atoms with Crippen molar-refractivity contribution < 1.29 is 9.90 Å². The van der Waals surface area contributed by atoms with Gasteiger partial charge in [-0.2, -0.15) is 0 Å². The molecule has 0 spiro atoms. The van der Waals surface area contributed by atoms with Crippen LogP contribution in [-0.4, -0.2) is 33.6 Å². The molecule has 0 aliphatic rings. The lowest BCUT2D eigenvalue weighted by Gasteiger charge is -2.19. The van der Waals surface area contributed by atoms with E-state index in [1.165, 1.54) is 0 Å². The van der Waals surface area contributed by atoms with Crippen LogP contribution in [0.15, 0.2) is 15.7 Å². The monoisotopic (exact) mass is 255 g/mol. The van der Waals surface area contributed by atoms with Gasteiger partial charge >= 0.3 is 5.69 Å². The summed E-state index contributed by atoms with van der Waals surface area (Å²) in [6.45, 7) is 3.59. The molecule has 1 aromatic heterocycles. The van der Waals surface area contributed by atoms with Crippen LogP contribution in [0.4, 0.5) is 0 Å². The van der Waals surface area contributed by atoms with Gasteiger partial charge in [0, 0.05) is 11.8 Å². The normalized spacial score (nSPS) is 12.4. The summed E-state index contributed by atoms with van der Waals surface area (Å²) in [5.41, 5.74) is -0.960. The Balaban J connectivity index is 2.70. The number of carbonyl (C=O) groups excluding carboxylic acids is 1. The quantitative estimate of drug-likeness (QED) is 0.525. The van der Waals surface area contributed by atoms with Crippen LogP contribution in [0, 0.1) is 5.92 Å². The van der Waals surface area contributed by atoms with Gasteiger partial charge in [0.2, 0.25) is 5.91 Å². The molecule has 1 amide bonds.